The Kier molecular flexibility index (Phi) is 3.85. The van der Waals surface area contributed by atoms with Crippen LogP contribution < -0.4 is 5.32 Å². The lowest BCUT2D eigenvalue weighted by Crippen LogP contribution is -2.33. The van der Waals surface area contributed by atoms with Gasteiger partial charge in [-0.25, -0.2) is 0 Å². The van der Waals surface area contributed by atoms with Gasteiger partial charge in [0, 0.05) is 13.0 Å². The van der Waals surface area contributed by atoms with Crippen molar-refractivity contribution in [2.24, 2.45) is 17.8 Å². The van der Waals surface area contributed by atoms with E-state index in [9.17, 15) is 9.90 Å². The zero-order valence-corrected chi connectivity index (χ0v) is 10.1. The number of nitrogens with one attached hydrogen (secondary N) is 1. The van der Waals surface area contributed by atoms with Crippen molar-refractivity contribution in [3.8, 4) is 0 Å². The molecule has 0 spiro atoms. The molecule has 0 radical (unpaired) electrons. The van der Waals surface area contributed by atoms with E-state index in [2.05, 4.69) is 5.32 Å². The van der Waals surface area contributed by atoms with Gasteiger partial charge < -0.3 is 10.4 Å². The van der Waals surface area contributed by atoms with E-state index in [4.69, 9.17) is 0 Å². The summed E-state index contributed by atoms with van der Waals surface area (Å²) in [4.78, 5) is 11.7. The molecule has 1 amide bonds. The molecule has 0 aromatic heterocycles. The Labute approximate surface area is 97.6 Å². The monoisotopic (exact) mass is 225 g/mol. The van der Waals surface area contributed by atoms with Crippen LogP contribution in [0.5, 0.6) is 0 Å². The van der Waals surface area contributed by atoms with Gasteiger partial charge in [0.2, 0.25) is 5.91 Å². The second-order valence-electron chi connectivity index (χ2n) is 5.51. The lowest BCUT2D eigenvalue weighted by Gasteiger charge is -2.21. The van der Waals surface area contributed by atoms with Gasteiger partial charge in [0.25, 0.3) is 0 Å². The van der Waals surface area contributed by atoms with E-state index in [0.29, 0.717) is 25.3 Å². The van der Waals surface area contributed by atoms with Crippen LogP contribution in [-0.2, 0) is 4.79 Å². The van der Waals surface area contributed by atoms with Gasteiger partial charge in [0.1, 0.15) is 0 Å². The molecule has 0 heterocycles. The van der Waals surface area contributed by atoms with Crippen LogP contribution in [0.3, 0.4) is 0 Å². The number of carbonyl (C=O) groups excluding carboxylic acids is 1. The average molecular weight is 225 g/mol. The zero-order chi connectivity index (χ0) is 11.5. The zero-order valence-electron chi connectivity index (χ0n) is 10.1. The van der Waals surface area contributed by atoms with Gasteiger partial charge in [-0.05, 0) is 43.4 Å². The van der Waals surface area contributed by atoms with Crippen LogP contribution in [0.4, 0.5) is 0 Å². The Morgan fingerprint density at radius 1 is 1.44 bits per heavy atom. The van der Waals surface area contributed by atoms with Crippen molar-refractivity contribution in [3.63, 3.8) is 0 Å². The Morgan fingerprint density at radius 3 is 2.81 bits per heavy atom. The van der Waals surface area contributed by atoms with Crippen molar-refractivity contribution in [3.05, 3.63) is 0 Å². The maximum absolute atomic E-state index is 11.7. The minimum Gasteiger partial charge on any atom is -0.391 e. The molecule has 2 fully saturated rings. The van der Waals surface area contributed by atoms with Gasteiger partial charge in [0.05, 0.1) is 6.10 Å². The summed E-state index contributed by atoms with van der Waals surface area (Å²) in [5.74, 6) is 2.47. The highest BCUT2D eigenvalue weighted by Gasteiger charge is 2.39. The van der Waals surface area contributed by atoms with Crippen LogP contribution in [0, 0.1) is 17.8 Å². The maximum Gasteiger partial charge on any atom is 0.220 e. The van der Waals surface area contributed by atoms with Gasteiger partial charge in [0.15, 0.2) is 0 Å². The number of hydrogen-bond donors (Lipinski definition) is 2. The third kappa shape index (κ3) is 2.76. The topological polar surface area (TPSA) is 49.3 Å². The summed E-state index contributed by atoms with van der Waals surface area (Å²) in [6.07, 6.45) is 6.33. The number of amides is 1. The standard InChI is InChI=1S/C13H23NO2/c1-2-12(15)8-14-13(16)7-11-6-9-3-4-10(11)5-9/h9-12,15H,2-8H2,1H3,(H,14,16). The molecule has 2 rings (SSSR count). The molecule has 16 heavy (non-hydrogen) atoms. The van der Waals surface area contributed by atoms with Crippen molar-refractivity contribution >= 4 is 5.91 Å². The van der Waals surface area contributed by atoms with E-state index >= 15 is 0 Å². The van der Waals surface area contributed by atoms with Gasteiger partial charge in [-0.1, -0.05) is 13.3 Å². The Balaban J connectivity index is 1.67. The molecule has 0 aliphatic heterocycles. The minimum atomic E-state index is -0.385. The summed E-state index contributed by atoms with van der Waals surface area (Å²) in [5, 5.41) is 12.2. The first kappa shape index (κ1) is 11.9. The van der Waals surface area contributed by atoms with Crippen LogP contribution in [0.1, 0.15) is 45.4 Å². The smallest absolute Gasteiger partial charge is 0.220 e. The summed E-state index contributed by atoms with van der Waals surface area (Å²) < 4.78 is 0. The highest BCUT2D eigenvalue weighted by molar-refractivity contribution is 5.76. The fraction of sp³-hybridized carbons (Fsp3) is 0.923. The summed E-state index contributed by atoms with van der Waals surface area (Å²) in [7, 11) is 0. The third-order valence-electron chi connectivity index (χ3n) is 4.34. The quantitative estimate of drug-likeness (QED) is 0.748. The summed E-state index contributed by atoms with van der Waals surface area (Å²) in [6.45, 7) is 2.34. The molecule has 2 aliphatic rings. The first-order valence-electron chi connectivity index (χ1n) is 6.63. The van der Waals surface area contributed by atoms with Crippen LogP contribution in [0.2, 0.25) is 0 Å². The molecule has 4 unspecified atom stereocenters. The normalized spacial score (nSPS) is 34.0. The Bertz CT molecular complexity index is 254. The van der Waals surface area contributed by atoms with Crippen LogP contribution in [0.25, 0.3) is 0 Å². The number of carbonyl (C=O) groups is 1. The first-order valence-corrected chi connectivity index (χ1v) is 6.63. The molecule has 92 valence electrons. The fourth-order valence-corrected chi connectivity index (χ4v) is 3.31. The van der Waals surface area contributed by atoms with Gasteiger partial charge in [-0.2, -0.15) is 0 Å². The number of hydrogen-bond acceptors (Lipinski definition) is 2. The third-order valence-corrected chi connectivity index (χ3v) is 4.34. The molecule has 4 atom stereocenters. The van der Waals surface area contributed by atoms with E-state index < -0.39 is 0 Å². The van der Waals surface area contributed by atoms with Crippen molar-refractivity contribution in [1.82, 2.24) is 5.32 Å². The summed E-state index contributed by atoms with van der Waals surface area (Å²) in [5.41, 5.74) is 0. The molecule has 0 saturated heterocycles. The van der Waals surface area contributed by atoms with E-state index in [1.165, 1.54) is 25.7 Å². The molecule has 2 bridgehead atoms. The van der Waals surface area contributed by atoms with Crippen molar-refractivity contribution in [1.29, 1.82) is 0 Å². The molecule has 2 aliphatic carbocycles. The van der Waals surface area contributed by atoms with E-state index in [-0.39, 0.29) is 12.0 Å². The second-order valence-corrected chi connectivity index (χ2v) is 5.51. The van der Waals surface area contributed by atoms with Crippen LogP contribution in [-0.4, -0.2) is 23.7 Å². The van der Waals surface area contributed by atoms with Gasteiger partial charge >= 0.3 is 0 Å². The lowest BCUT2D eigenvalue weighted by molar-refractivity contribution is -0.122. The van der Waals surface area contributed by atoms with Gasteiger partial charge in [-0.3, -0.25) is 4.79 Å². The predicted molar refractivity (Wildman–Crippen MR) is 62.9 cm³/mol. The number of rotatable bonds is 5. The SMILES string of the molecule is CCC(O)CNC(=O)CC1CC2CCC1C2. The average Bonchev–Trinajstić information content (AvgIpc) is 2.87. The van der Waals surface area contributed by atoms with Crippen molar-refractivity contribution in [2.75, 3.05) is 6.54 Å². The molecule has 0 aromatic carbocycles. The Hall–Kier alpha value is -0.570. The predicted octanol–water partition coefficient (Wildman–Crippen LogP) is 1.70. The van der Waals surface area contributed by atoms with Crippen molar-refractivity contribution < 1.29 is 9.90 Å². The maximum atomic E-state index is 11.7. The molecule has 3 nitrogen and oxygen atoms in total. The van der Waals surface area contributed by atoms with E-state index in [1.54, 1.807) is 0 Å². The summed E-state index contributed by atoms with van der Waals surface area (Å²) >= 11 is 0. The number of fused-ring (bicyclic) bond motifs is 2. The van der Waals surface area contributed by atoms with Crippen LogP contribution >= 0.6 is 0 Å². The van der Waals surface area contributed by atoms with E-state index in [0.717, 1.165) is 11.8 Å². The highest BCUT2D eigenvalue weighted by Crippen LogP contribution is 2.49. The fourth-order valence-electron chi connectivity index (χ4n) is 3.31. The molecule has 2 saturated carbocycles. The lowest BCUT2D eigenvalue weighted by atomic mass is 9.86. The molecule has 0 aromatic rings. The number of aliphatic hydroxyl groups is 1. The highest BCUT2D eigenvalue weighted by atomic mass is 16.3. The molecular formula is C13H23NO2. The summed E-state index contributed by atoms with van der Waals surface area (Å²) in [6, 6.07) is 0. The van der Waals surface area contributed by atoms with Gasteiger partial charge in [-0.15, -0.1) is 0 Å². The molecule has 3 heteroatoms. The largest absolute Gasteiger partial charge is 0.391 e. The van der Waals surface area contributed by atoms with E-state index in [1.807, 2.05) is 6.92 Å². The first-order chi connectivity index (χ1) is 7.69. The minimum absolute atomic E-state index is 0.130. The number of aliphatic hydroxyl groups excluding tert-OH is 1. The Morgan fingerprint density at radius 2 is 2.25 bits per heavy atom. The van der Waals surface area contributed by atoms with Crippen molar-refractivity contribution in [2.45, 2.75) is 51.6 Å². The molecule has 2 N–H and O–H groups in total. The van der Waals surface area contributed by atoms with Crippen LogP contribution in [0.15, 0.2) is 0 Å². The second kappa shape index (κ2) is 5.17. The molecular weight excluding hydrogens is 202 g/mol.